The predicted molar refractivity (Wildman–Crippen MR) is 93.5 cm³/mol. The Balaban J connectivity index is 1.77. The quantitative estimate of drug-likeness (QED) is 0.863. The molecule has 0 aliphatic carbocycles. The van der Waals surface area contributed by atoms with Gasteiger partial charge in [-0.1, -0.05) is 6.07 Å². The van der Waals surface area contributed by atoms with Crippen molar-refractivity contribution in [2.75, 3.05) is 25.0 Å². The molecule has 1 fully saturated rings. The van der Waals surface area contributed by atoms with E-state index in [1.165, 1.54) is 22.4 Å². The Morgan fingerprint density at radius 1 is 1.45 bits per heavy atom. The molecule has 22 heavy (non-hydrogen) atoms. The molecule has 1 N–H and O–H groups in total. The van der Waals surface area contributed by atoms with Crippen molar-refractivity contribution in [3.05, 3.63) is 43.4 Å². The Morgan fingerprint density at radius 2 is 2.23 bits per heavy atom. The maximum atomic E-state index is 11.9. The molecule has 118 valence electrons. The number of nitrogens with zero attached hydrogens (tertiary/aromatic N) is 3. The maximum absolute atomic E-state index is 11.9. The van der Waals surface area contributed by atoms with E-state index in [1.54, 1.807) is 24.6 Å². The van der Waals surface area contributed by atoms with Crippen LogP contribution in [-0.2, 0) is 7.05 Å². The van der Waals surface area contributed by atoms with Crippen molar-refractivity contribution in [1.29, 1.82) is 0 Å². The lowest BCUT2D eigenvalue weighted by Gasteiger charge is -2.27. The highest BCUT2D eigenvalue weighted by molar-refractivity contribution is 9.10. The number of halogens is 1. The molecule has 0 bridgehead atoms. The van der Waals surface area contributed by atoms with Crippen LogP contribution in [0.1, 0.15) is 23.8 Å². The normalized spacial score (nSPS) is 16.8. The summed E-state index contributed by atoms with van der Waals surface area (Å²) >= 11 is 5.15. The topological polar surface area (TPSA) is 50.2 Å². The van der Waals surface area contributed by atoms with E-state index in [9.17, 15) is 4.79 Å². The number of rotatable bonds is 5. The van der Waals surface area contributed by atoms with Crippen molar-refractivity contribution < 1.29 is 0 Å². The molecule has 1 unspecified atom stereocenters. The average molecular weight is 383 g/mol. The number of anilines is 1. The van der Waals surface area contributed by atoms with E-state index >= 15 is 0 Å². The highest BCUT2D eigenvalue weighted by Gasteiger charge is 2.24. The number of likely N-dealkylation sites (tertiary alicyclic amines) is 1. The molecule has 0 saturated carbocycles. The lowest BCUT2D eigenvalue weighted by Crippen LogP contribution is -2.31. The molecule has 1 saturated heterocycles. The molecular formula is C15H19BrN4OS. The largest absolute Gasteiger partial charge is 0.381 e. The Morgan fingerprint density at radius 3 is 2.91 bits per heavy atom. The maximum Gasteiger partial charge on any atom is 0.282 e. The van der Waals surface area contributed by atoms with Gasteiger partial charge in [0.05, 0.1) is 17.9 Å². The van der Waals surface area contributed by atoms with Crippen molar-refractivity contribution in [2.24, 2.45) is 7.05 Å². The zero-order valence-corrected chi connectivity index (χ0v) is 14.9. The molecule has 1 aliphatic heterocycles. The second-order valence-electron chi connectivity index (χ2n) is 5.46. The number of hydrogen-bond acceptors (Lipinski definition) is 5. The Bertz CT molecular complexity index is 679. The van der Waals surface area contributed by atoms with Gasteiger partial charge in [0, 0.05) is 18.5 Å². The predicted octanol–water partition coefficient (Wildman–Crippen LogP) is 2.85. The zero-order valence-electron chi connectivity index (χ0n) is 12.5. The summed E-state index contributed by atoms with van der Waals surface area (Å²) in [5.74, 6) is 0. The van der Waals surface area contributed by atoms with Gasteiger partial charge in [0.15, 0.2) is 0 Å². The second-order valence-corrected chi connectivity index (χ2v) is 7.23. The fourth-order valence-corrected chi connectivity index (χ4v) is 4.14. The summed E-state index contributed by atoms with van der Waals surface area (Å²) in [5.41, 5.74) is 0.627. The van der Waals surface area contributed by atoms with E-state index in [0.717, 1.165) is 25.3 Å². The third kappa shape index (κ3) is 3.26. The summed E-state index contributed by atoms with van der Waals surface area (Å²) < 4.78 is 1.86. The van der Waals surface area contributed by atoms with Gasteiger partial charge in [0.2, 0.25) is 0 Å². The lowest BCUT2D eigenvalue weighted by atomic mass is 10.2. The van der Waals surface area contributed by atoms with Crippen LogP contribution in [0.4, 0.5) is 5.69 Å². The van der Waals surface area contributed by atoms with Gasteiger partial charge in [0.1, 0.15) is 4.47 Å². The van der Waals surface area contributed by atoms with Gasteiger partial charge in [-0.2, -0.15) is 5.10 Å². The Labute approximate surface area is 142 Å². The molecule has 7 heteroatoms. The first-order valence-corrected chi connectivity index (χ1v) is 9.07. The molecule has 3 rings (SSSR count). The molecule has 3 heterocycles. The van der Waals surface area contributed by atoms with E-state index in [4.69, 9.17) is 0 Å². The van der Waals surface area contributed by atoms with Crippen LogP contribution in [0.5, 0.6) is 0 Å². The van der Waals surface area contributed by atoms with E-state index in [-0.39, 0.29) is 5.56 Å². The van der Waals surface area contributed by atoms with Crippen LogP contribution in [0, 0.1) is 0 Å². The van der Waals surface area contributed by atoms with Crippen LogP contribution in [0.25, 0.3) is 0 Å². The van der Waals surface area contributed by atoms with Crippen LogP contribution in [0.15, 0.2) is 33.0 Å². The number of nitrogens with one attached hydrogen (secondary N) is 1. The molecule has 0 radical (unpaired) electrons. The van der Waals surface area contributed by atoms with Gasteiger partial charge in [-0.05, 0) is 53.3 Å². The van der Waals surface area contributed by atoms with Crippen LogP contribution < -0.4 is 10.9 Å². The highest BCUT2D eigenvalue weighted by Crippen LogP contribution is 2.29. The molecule has 0 amide bonds. The summed E-state index contributed by atoms with van der Waals surface area (Å²) in [4.78, 5) is 15.8. The molecule has 0 aromatic carbocycles. The van der Waals surface area contributed by atoms with Gasteiger partial charge < -0.3 is 5.32 Å². The van der Waals surface area contributed by atoms with Crippen LogP contribution >= 0.6 is 27.3 Å². The molecule has 5 nitrogen and oxygen atoms in total. The number of aromatic nitrogens is 2. The smallest absolute Gasteiger partial charge is 0.282 e. The summed E-state index contributed by atoms with van der Waals surface area (Å²) in [6.45, 7) is 3.05. The minimum absolute atomic E-state index is 0.126. The summed E-state index contributed by atoms with van der Waals surface area (Å²) in [6.07, 6.45) is 4.22. The first kappa shape index (κ1) is 15.7. The van der Waals surface area contributed by atoms with Crippen molar-refractivity contribution in [2.45, 2.75) is 18.9 Å². The second kappa shape index (κ2) is 6.93. The fraction of sp³-hybridized carbons (Fsp3) is 0.467. The number of aryl methyl sites for hydroxylation is 1. The summed E-state index contributed by atoms with van der Waals surface area (Å²) in [5, 5.41) is 9.59. The molecule has 1 aliphatic rings. The van der Waals surface area contributed by atoms with Crippen molar-refractivity contribution in [3.63, 3.8) is 0 Å². The van der Waals surface area contributed by atoms with Gasteiger partial charge in [-0.25, -0.2) is 4.68 Å². The SMILES string of the molecule is Cn1ncc(NCC(c2cccs2)N2CCCC2)c(Br)c1=O. The summed E-state index contributed by atoms with van der Waals surface area (Å²) in [7, 11) is 1.65. The van der Waals surface area contributed by atoms with E-state index in [0.29, 0.717) is 10.5 Å². The monoisotopic (exact) mass is 382 g/mol. The zero-order chi connectivity index (χ0) is 15.5. The van der Waals surface area contributed by atoms with Crippen LogP contribution in [0.3, 0.4) is 0 Å². The van der Waals surface area contributed by atoms with Gasteiger partial charge in [-0.15, -0.1) is 11.3 Å². The minimum Gasteiger partial charge on any atom is -0.381 e. The highest BCUT2D eigenvalue weighted by atomic mass is 79.9. The van der Waals surface area contributed by atoms with Crippen LogP contribution in [0.2, 0.25) is 0 Å². The van der Waals surface area contributed by atoms with Crippen LogP contribution in [-0.4, -0.2) is 34.3 Å². The van der Waals surface area contributed by atoms with Crippen molar-refractivity contribution in [3.8, 4) is 0 Å². The fourth-order valence-electron chi connectivity index (χ4n) is 2.78. The third-order valence-electron chi connectivity index (χ3n) is 4.02. The molecule has 2 aromatic rings. The summed E-state index contributed by atoms with van der Waals surface area (Å²) in [6, 6.07) is 4.63. The average Bonchev–Trinajstić information content (AvgIpc) is 3.21. The van der Waals surface area contributed by atoms with Gasteiger partial charge >= 0.3 is 0 Å². The first-order valence-electron chi connectivity index (χ1n) is 7.40. The van der Waals surface area contributed by atoms with Gasteiger partial charge in [0.25, 0.3) is 5.56 Å². The standard InChI is InChI=1S/C15H19BrN4OS/c1-19-15(21)14(16)11(9-18-19)17-10-12(13-5-4-8-22-13)20-6-2-3-7-20/h4-5,8-9,12,17H,2-3,6-7,10H2,1H3. The van der Waals surface area contributed by atoms with E-state index in [2.05, 4.69) is 48.8 Å². The Kier molecular flexibility index (Phi) is 4.95. The van der Waals surface area contributed by atoms with E-state index in [1.807, 2.05) is 0 Å². The number of hydrogen-bond donors (Lipinski definition) is 1. The molecule has 2 aromatic heterocycles. The lowest BCUT2D eigenvalue weighted by molar-refractivity contribution is 0.259. The molecule has 0 spiro atoms. The van der Waals surface area contributed by atoms with Crippen molar-refractivity contribution >= 4 is 33.0 Å². The van der Waals surface area contributed by atoms with Crippen molar-refractivity contribution in [1.82, 2.24) is 14.7 Å². The van der Waals surface area contributed by atoms with Gasteiger partial charge in [-0.3, -0.25) is 9.69 Å². The first-order chi connectivity index (χ1) is 10.7. The molecular weight excluding hydrogens is 364 g/mol. The number of thiophene rings is 1. The minimum atomic E-state index is -0.126. The Hall–Kier alpha value is -1.18. The van der Waals surface area contributed by atoms with E-state index < -0.39 is 0 Å². The third-order valence-corrected chi connectivity index (χ3v) is 5.76. The molecule has 1 atom stereocenters.